The van der Waals surface area contributed by atoms with Gasteiger partial charge in [0, 0.05) is 31.0 Å². The van der Waals surface area contributed by atoms with Crippen LogP contribution in [0.3, 0.4) is 0 Å². The van der Waals surface area contributed by atoms with E-state index in [-0.39, 0.29) is 10.6 Å². The molecule has 0 radical (unpaired) electrons. The maximum atomic E-state index is 10.9. The van der Waals surface area contributed by atoms with E-state index >= 15 is 0 Å². The average Bonchev–Trinajstić information content (AvgIpc) is 2.82. The normalized spacial score (nSPS) is 19.7. The fraction of sp³-hybridized carbons (Fsp3) is 0.588. The van der Waals surface area contributed by atoms with Gasteiger partial charge in [-0.25, -0.2) is 4.99 Å². The smallest absolute Gasteiger partial charge is 0.269 e. The fourth-order valence-electron chi connectivity index (χ4n) is 2.77. The number of aliphatic imine (C=N–C) groups is 1. The predicted octanol–water partition coefficient (Wildman–Crippen LogP) is 3.53. The number of aryl methyl sites for hydroxylation is 1. The molecule has 7 heteroatoms. The Balaban J connectivity index is 2.28. The number of hydrogen-bond donors (Lipinski definition) is 0. The van der Waals surface area contributed by atoms with Crippen LogP contribution in [0, 0.1) is 23.0 Å². The van der Waals surface area contributed by atoms with Gasteiger partial charge in [-0.2, -0.15) is 0 Å². The third-order valence-electron chi connectivity index (χ3n) is 3.84. The SMILES string of the molecule is Cc1cc([N+](=O)[O-])ccc1N=C1SCC(CN(C)C)N1CC(C)C. The van der Waals surface area contributed by atoms with E-state index in [2.05, 4.69) is 37.7 Å². The molecular formula is C17H26N4O2S. The number of rotatable bonds is 6. The molecule has 1 aromatic carbocycles. The highest BCUT2D eigenvalue weighted by atomic mass is 32.2. The topological polar surface area (TPSA) is 62.0 Å². The summed E-state index contributed by atoms with van der Waals surface area (Å²) in [6, 6.07) is 5.30. The number of non-ortho nitro benzene ring substituents is 1. The molecule has 1 saturated heterocycles. The summed E-state index contributed by atoms with van der Waals surface area (Å²) in [5, 5.41) is 11.9. The van der Waals surface area contributed by atoms with Gasteiger partial charge in [-0.05, 0) is 38.6 Å². The van der Waals surface area contributed by atoms with E-state index in [1.165, 1.54) is 6.07 Å². The number of nitro benzene ring substituents is 1. The summed E-state index contributed by atoms with van der Waals surface area (Å²) in [4.78, 5) is 19.9. The third kappa shape index (κ3) is 4.70. The number of benzene rings is 1. The molecule has 132 valence electrons. The van der Waals surface area contributed by atoms with Crippen LogP contribution < -0.4 is 0 Å². The van der Waals surface area contributed by atoms with Crippen LogP contribution >= 0.6 is 11.8 Å². The highest BCUT2D eigenvalue weighted by molar-refractivity contribution is 8.14. The quantitative estimate of drug-likeness (QED) is 0.580. The van der Waals surface area contributed by atoms with Crippen molar-refractivity contribution in [3.63, 3.8) is 0 Å². The second kappa shape index (κ2) is 7.98. The lowest BCUT2D eigenvalue weighted by Crippen LogP contribution is -2.42. The van der Waals surface area contributed by atoms with Crippen LogP contribution in [0.1, 0.15) is 19.4 Å². The molecule has 2 rings (SSSR count). The first-order valence-corrected chi connectivity index (χ1v) is 9.14. The first-order chi connectivity index (χ1) is 11.3. The number of likely N-dealkylation sites (N-methyl/N-ethyl adjacent to an activating group) is 1. The van der Waals surface area contributed by atoms with E-state index in [0.29, 0.717) is 12.0 Å². The average molecular weight is 350 g/mol. The van der Waals surface area contributed by atoms with Gasteiger partial charge in [-0.15, -0.1) is 0 Å². The molecule has 0 N–H and O–H groups in total. The van der Waals surface area contributed by atoms with Crippen LogP contribution in [0.2, 0.25) is 0 Å². The predicted molar refractivity (Wildman–Crippen MR) is 101 cm³/mol. The first kappa shape index (κ1) is 18.7. The monoisotopic (exact) mass is 350 g/mol. The highest BCUT2D eigenvalue weighted by Gasteiger charge is 2.31. The van der Waals surface area contributed by atoms with Crippen LogP contribution in [-0.4, -0.2) is 58.9 Å². The molecule has 0 aromatic heterocycles. The summed E-state index contributed by atoms with van der Waals surface area (Å²) in [7, 11) is 4.18. The van der Waals surface area contributed by atoms with Gasteiger partial charge in [0.2, 0.25) is 0 Å². The van der Waals surface area contributed by atoms with Gasteiger partial charge >= 0.3 is 0 Å². The van der Waals surface area contributed by atoms with E-state index in [1.54, 1.807) is 23.9 Å². The van der Waals surface area contributed by atoms with Crippen molar-refractivity contribution in [2.45, 2.75) is 26.8 Å². The summed E-state index contributed by atoms with van der Waals surface area (Å²) in [5.41, 5.74) is 1.75. The standard InChI is InChI=1S/C17H26N4O2S/c1-12(2)9-20-15(10-19(4)5)11-24-17(20)18-16-7-6-14(21(22)23)8-13(16)3/h6-8,12,15H,9-11H2,1-5H3. The Morgan fingerprint density at radius 1 is 1.46 bits per heavy atom. The molecule has 1 aromatic rings. The number of nitro groups is 1. The zero-order valence-corrected chi connectivity index (χ0v) is 15.8. The lowest BCUT2D eigenvalue weighted by Gasteiger charge is -2.29. The molecule has 1 heterocycles. The van der Waals surface area contributed by atoms with E-state index in [1.807, 2.05) is 6.92 Å². The van der Waals surface area contributed by atoms with Crippen molar-refractivity contribution in [1.82, 2.24) is 9.80 Å². The molecular weight excluding hydrogens is 324 g/mol. The number of thioether (sulfide) groups is 1. The van der Waals surface area contributed by atoms with E-state index < -0.39 is 0 Å². The highest BCUT2D eigenvalue weighted by Crippen LogP contribution is 2.30. The number of hydrogen-bond acceptors (Lipinski definition) is 5. The summed E-state index contributed by atoms with van der Waals surface area (Å²) >= 11 is 1.77. The van der Waals surface area contributed by atoms with Crippen molar-refractivity contribution >= 4 is 28.3 Å². The van der Waals surface area contributed by atoms with Gasteiger partial charge in [0.05, 0.1) is 16.7 Å². The maximum absolute atomic E-state index is 10.9. The minimum Gasteiger partial charge on any atom is -0.346 e. The molecule has 1 aliphatic rings. The summed E-state index contributed by atoms with van der Waals surface area (Å²) < 4.78 is 0. The van der Waals surface area contributed by atoms with Crippen molar-refractivity contribution in [3.8, 4) is 0 Å². The molecule has 0 amide bonds. The van der Waals surface area contributed by atoms with Gasteiger partial charge < -0.3 is 9.80 Å². The maximum Gasteiger partial charge on any atom is 0.269 e. The molecule has 0 bridgehead atoms. The van der Waals surface area contributed by atoms with Crippen LogP contribution in [0.25, 0.3) is 0 Å². The lowest BCUT2D eigenvalue weighted by molar-refractivity contribution is -0.384. The molecule has 1 fully saturated rings. The van der Waals surface area contributed by atoms with Gasteiger partial charge in [0.15, 0.2) is 5.17 Å². The molecule has 1 unspecified atom stereocenters. The van der Waals surface area contributed by atoms with E-state index in [9.17, 15) is 10.1 Å². The van der Waals surface area contributed by atoms with E-state index in [0.717, 1.165) is 35.3 Å². The summed E-state index contributed by atoms with van der Waals surface area (Å²) in [5.74, 6) is 1.58. The van der Waals surface area contributed by atoms with Gasteiger partial charge in [-0.1, -0.05) is 25.6 Å². The largest absolute Gasteiger partial charge is 0.346 e. The molecule has 0 spiro atoms. The molecule has 6 nitrogen and oxygen atoms in total. The Bertz CT molecular complexity index is 631. The Morgan fingerprint density at radius 2 is 2.17 bits per heavy atom. The van der Waals surface area contributed by atoms with Crippen molar-refractivity contribution in [1.29, 1.82) is 0 Å². The Labute approximate surface area is 148 Å². The Morgan fingerprint density at radius 3 is 2.71 bits per heavy atom. The van der Waals surface area contributed by atoms with Crippen LogP contribution in [-0.2, 0) is 0 Å². The molecule has 0 saturated carbocycles. The number of nitrogens with zero attached hydrogens (tertiary/aromatic N) is 4. The minimum absolute atomic E-state index is 0.111. The summed E-state index contributed by atoms with van der Waals surface area (Å²) in [6.45, 7) is 8.26. The number of amidine groups is 1. The zero-order chi connectivity index (χ0) is 17.9. The van der Waals surface area contributed by atoms with Crippen LogP contribution in [0.15, 0.2) is 23.2 Å². The minimum atomic E-state index is -0.369. The fourth-order valence-corrected chi connectivity index (χ4v) is 3.95. The molecule has 1 atom stereocenters. The summed E-state index contributed by atoms with van der Waals surface area (Å²) in [6.07, 6.45) is 0. The van der Waals surface area contributed by atoms with Crippen molar-refractivity contribution in [2.75, 3.05) is 32.9 Å². The first-order valence-electron chi connectivity index (χ1n) is 8.15. The zero-order valence-electron chi connectivity index (χ0n) is 15.0. The second-order valence-electron chi connectivity index (χ2n) is 6.90. The van der Waals surface area contributed by atoms with Crippen molar-refractivity contribution < 1.29 is 4.92 Å². The third-order valence-corrected chi connectivity index (χ3v) is 4.97. The van der Waals surface area contributed by atoms with Gasteiger partial charge in [0.1, 0.15) is 0 Å². The Kier molecular flexibility index (Phi) is 6.23. The lowest BCUT2D eigenvalue weighted by atomic mass is 10.1. The molecule has 24 heavy (non-hydrogen) atoms. The van der Waals surface area contributed by atoms with Gasteiger partial charge in [-0.3, -0.25) is 10.1 Å². The Hall–Kier alpha value is -1.60. The van der Waals surface area contributed by atoms with Crippen LogP contribution in [0.5, 0.6) is 0 Å². The van der Waals surface area contributed by atoms with Crippen molar-refractivity contribution in [2.24, 2.45) is 10.9 Å². The molecule has 1 aliphatic heterocycles. The molecule has 0 aliphatic carbocycles. The van der Waals surface area contributed by atoms with Crippen LogP contribution in [0.4, 0.5) is 11.4 Å². The second-order valence-corrected chi connectivity index (χ2v) is 7.88. The van der Waals surface area contributed by atoms with Crippen molar-refractivity contribution in [3.05, 3.63) is 33.9 Å². The van der Waals surface area contributed by atoms with E-state index in [4.69, 9.17) is 4.99 Å². The van der Waals surface area contributed by atoms with Gasteiger partial charge in [0.25, 0.3) is 5.69 Å².